The molecule has 0 saturated carbocycles. The highest BCUT2D eigenvalue weighted by Crippen LogP contribution is 2.06. The van der Waals surface area contributed by atoms with Gasteiger partial charge in [-0.25, -0.2) is 0 Å². The Morgan fingerprint density at radius 1 is 0.952 bits per heavy atom. The molecule has 114 valence electrons. The maximum absolute atomic E-state index is 12.2. The molecule has 1 rings (SSSR count). The van der Waals surface area contributed by atoms with E-state index in [0.717, 1.165) is 0 Å². The standard InChI is InChI=1S/C16H22N2O3/c1-10(2)14(16(21)17-11(3)12(4)19)18-15(20)13-8-6-5-7-9-13/h5-11,14H,1-4H3,(H,17,21)(H,18,20)/t11-,14?/m0/s1. The number of hydrogen-bond donors (Lipinski definition) is 2. The SMILES string of the molecule is CC(=O)[C@H](C)NC(=O)C(NC(=O)c1ccccc1)C(C)C. The van der Waals surface area contributed by atoms with Crippen molar-refractivity contribution in [3.05, 3.63) is 35.9 Å². The molecule has 0 heterocycles. The van der Waals surface area contributed by atoms with Gasteiger partial charge in [-0.05, 0) is 31.9 Å². The minimum Gasteiger partial charge on any atom is -0.345 e. The van der Waals surface area contributed by atoms with Crippen LogP contribution in [0.4, 0.5) is 0 Å². The summed E-state index contributed by atoms with van der Waals surface area (Å²) < 4.78 is 0. The van der Waals surface area contributed by atoms with E-state index in [2.05, 4.69) is 10.6 Å². The predicted molar refractivity (Wildman–Crippen MR) is 80.8 cm³/mol. The van der Waals surface area contributed by atoms with Crippen molar-refractivity contribution in [2.45, 2.75) is 39.8 Å². The molecule has 5 heteroatoms. The number of benzene rings is 1. The van der Waals surface area contributed by atoms with E-state index in [0.29, 0.717) is 5.56 Å². The zero-order chi connectivity index (χ0) is 16.0. The molecule has 1 aromatic rings. The van der Waals surface area contributed by atoms with E-state index in [1.807, 2.05) is 19.9 Å². The fourth-order valence-corrected chi connectivity index (χ4v) is 1.75. The maximum Gasteiger partial charge on any atom is 0.251 e. The first kappa shape index (κ1) is 16.9. The van der Waals surface area contributed by atoms with E-state index in [1.54, 1.807) is 31.2 Å². The Morgan fingerprint density at radius 3 is 2.00 bits per heavy atom. The number of nitrogens with one attached hydrogen (secondary N) is 2. The summed E-state index contributed by atoms with van der Waals surface area (Å²) in [7, 11) is 0. The maximum atomic E-state index is 12.2. The van der Waals surface area contributed by atoms with Crippen LogP contribution >= 0.6 is 0 Å². The molecule has 1 unspecified atom stereocenters. The van der Waals surface area contributed by atoms with Crippen molar-refractivity contribution < 1.29 is 14.4 Å². The lowest BCUT2D eigenvalue weighted by Crippen LogP contribution is -2.52. The van der Waals surface area contributed by atoms with Crippen LogP contribution in [0, 0.1) is 5.92 Å². The zero-order valence-electron chi connectivity index (χ0n) is 12.8. The number of ketones is 1. The smallest absolute Gasteiger partial charge is 0.251 e. The van der Waals surface area contributed by atoms with Crippen LogP contribution in [0.2, 0.25) is 0 Å². The molecule has 1 aromatic carbocycles. The number of hydrogen-bond acceptors (Lipinski definition) is 3. The third kappa shape index (κ3) is 5.02. The van der Waals surface area contributed by atoms with Gasteiger partial charge in [0.1, 0.15) is 6.04 Å². The Kier molecular flexibility index (Phi) is 6.09. The number of Topliss-reactive ketones (excluding diaryl/α,β-unsaturated/α-hetero) is 1. The van der Waals surface area contributed by atoms with E-state index in [1.165, 1.54) is 6.92 Å². The second-order valence-corrected chi connectivity index (χ2v) is 5.40. The van der Waals surface area contributed by atoms with Gasteiger partial charge in [0, 0.05) is 5.56 Å². The second-order valence-electron chi connectivity index (χ2n) is 5.40. The quantitative estimate of drug-likeness (QED) is 0.834. The van der Waals surface area contributed by atoms with E-state index >= 15 is 0 Å². The molecule has 0 spiro atoms. The largest absolute Gasteiger partial charge is 0.345 e. The van der Waals surface area contributed by atoms with E-state index < -0.39 is 12.1 Å². The molecule has 2 atom stereocenters. The summed E-state index contributed by atoms with van der Waals surface area (Å²) >= 11 is 0. The third-order valence-electron chi connectivity index (χ3n) is 3.24. The van der Waals surface area contributed by atoms with Crippen LogP contribution < -0.4 is 10.6 Å². The van der Waals surface area contributed by atoms with Crippen LogP contribution in [0.5, 0.6) is 0 Å². The molecule has 5 nitrogen and oxygen atoms in total. The molecule has 0 saturated heterocycles. The predicted octanol–water partition coefficient (Wildman–Crippen LogP) is 1.53. The molecule has 0 aromatic heterocycles. The van der Waals surface area contributed by atoms with E-state index in [-0.39, 0.29) is 23.5 Å². The summed E-state index contributed by atoms with van der Waals surface area (Å²) in [5.41, 5.74) is 0.496. The molecular weight excluding hydrogens is 268 g/mol. The zero-order valence-corrected chi connectivity index (χ0v) is 12.8. The molecule has 0 fully saturated rings. The average Bonchev–Trinajstić information content (AvgIpc) is 2.44. The summed E-state index contributed by atoms with van der Waals surface area (Å²) in [6.45, 7) is 6.72. The fourth-order valence-electron chi connectivity index (χ4n) is 1.75. The molecule has 0 radical (unpaired) electrons. The Balaban J connectivity index is 2.76. The first-order chi connectivity index (χ1) is 9.82. The second kappa shape index (κ2) is 7.57. The number of carbonyl (C=O) groups excluding carboxylic acids is 3. The minimum atomic E-state index is -0.681. The number of amides is 2. The molecule has 0 aliphatic heterocycles. The lowest BCUT2D eigenvalue weighted by Gasteiger charge is -2.23. The molecule has 0 aliphatic carbocycles. The Morgan fingerprint density at radius 2 is 1.52 bits per heavy atom. The molecular formula is C16H22N2O3. The van der Waals surface area contributed by atoms with Crippen molar-refractivity contribution in [1.82, 2.24) is 10.6 Å². The summed E-state index contributed by atoms with van der Waals surface area (Å²) in [4.78, 5) is 35.5. The highest BCUT2D eigenvalue weighted by atomic mass is 16.2. The van der Waals surface area contributed by atoms with Crippen LogP contribution in [0.3, 0.4) is 0 Å². The Bertz CT molecular complexity index is 512. The number of carbonyl (C=O) groups is 3. The Labute approximate surface area is 125 Å². The van der Waals surface area contributed by atoms with Gasteiger partial charge in [0.25, 0.3) is 5.91 Å². The first-order valence-electron chi connectivity index (χ1n) is 6.99. The van der Waals surface area contributed by atoms with Gasteiger partial charge in [-0.2, -0.15) is 0 Å². The van der Waals surface area contributed by atoms with Gasteiger partial charge in [0.2, 0.25) is 5.91 Å². The minimum absolute atomic E-state index is 0.0863. The molecule has 2 N–H and O–H groups in total. The van der Waals surface area contributed by atoms with Crippen LogP contribution in [-0.4, -0.2) is 29.7 Å². The summed E-state index contributed by atoms with van der Waals surface area (Å²) in [5.74, 6) is -0.867. The van der Waals surface area contributed by atoms with Gasteiger partial charge in [0.05, 0.1) is 6.04 Å². The van der Waals surface area contributed by atoms with Gasteiger partial charge in [-0.15, -0.1) is 0 Å². The average molecular weight is 290 g/mol. The van der Waals surface area contributed by atoms with Crippen molar-refractivity contribution >= 4 is 17.6 Å². The van der Waals surface area contributed by atoms with E-state index in [4.69, 9.17) is 0 Å². The topological polar surface area (TPSA) is 75.3 Å². The third-order valence-corrected chi connectivity index (χ3v) is 3.24. The van der Waals surface area contributed by atoms with Crippen molar-refractivity contribution in [3.8, 4) is 0 Å². The Hall–Kier alpha value is -2.17. The van der Waals surface area contributed by atoms with Gasteiger partial charge < -0.3 is 10.6 Å². The van der Waals surface area contributed by atoms with Crippen LogP contribution in [-0.2, 0) is 9.59 Å². The number of rotatable bonds is 6. The molecule has 0 aliphatic rings. The molecule has 0 bridgehead atoms. The highest BCUT2D eigenvalue weighted by Gasteiger charge is 2.26. The van der Waals surface area contributed by atoms with Gasteiger partial charge in [-0.3, -0.25) is 14.4 Å². The molecule has 21 heavy (non-hydrogen) atoms. The summed E-state index contributed by atoms with van der Waals surface area (Å²) in [6, 6.07) is 7.46. The van der Waals surface area contributed by atoms with Crippen molar-refractivity contribution in [1.29, 1.82) is 0 Å². The summed E-state index contributed by atoms with van der Waals surface area (Å²) in [6.07, 6.45) is 0. The first-order valence-corrected chi connectivity index (χ1v) is 6.99. The lowest BCUT2D eigenvalue weighted by molar-refractivity contribution is -0.128. The van der Waals surface area contributed by atoms with Crippen LogP contribution in [0.1, 0.15) is 38.1 Å². The van der Waals surface area contributed by atoms with Crippen LogP contribution in [0.15, 0.2) is 30.3 Å². The van der Waals surface area contributed by atoms with Crippen molar-refractivity contribution in [3.63, 3.8) is 0 Å². The van der Waals surface area contributed by atoms with Gasteiger partial charge >= 0.3 is 0 Å². The van der Waals surface area contributed by atoms with E-state index in [9.17, 15) is 14.4 Å². The van der Waals surface area contributed by atoms with Crippen LogP contribution in [0.25, 0.3) is 0 Å². The van der Waals surface area contributed by atoms with Crippen molar-refractivity contribution in [2.75, 3.05) is 0 Å². The lowest BCUT2D eigenvalue weighted by atomic mass is 10.0. The van der Waals surface area contributed by atoms with Gasteiger partial charge in [0.15, 0.2) is 5.78 Å². The monoisotopic (exact) mass is 290 g/mol. The summed E-state index contributed by atoms with van der Waals surface area (Å²) in [5, 5.41) is 5.33. The fraction of sp³-hybridized carbons (Fsp3) is 0.438. The highest BCUT2D eigenvalue weighted by molar-refractivity contribution is 5.98. The normalized spacial score (nSPS) is 13.4. The van der Waals surface area contributed by atoms with Gasteiger partial charge in [-0.1, -0.05) is 32.0 Å². The van der Waals surface area contributed by atoms with Crippen molar-refractivity contribution in [2.24, 2.45) is 5.92 Å². The molecule has 2 amide bonds.